The van der Waals surface area contributed by atoms with Gasteiger partial charge in [-0.05, 0) is 55.0 Å². The Morgan fingerprint density at radius 1 is 1.07 bits per heavy atom. The minimum absolute atomic E-state index is 0.0170. The quantitative estimate of drug-likeness (QED) is 0.854. The smallest absolute Gasteiger partial charge is 0.229 e. The number of nitrogens with zero attached hydrogens (tertiary/aromatic N) is 1. The molecule has 2 aromatic carbocycles. The predicted octanol–water partition coefficient (Wildman–Crippen LogP) is 4.42. The second kappa shape index (κ2) is 7.95. The molecule has 2 aromatic rings. The first-order valence-electron chi connectivity index (χ1n) is 9.74. The highest BCUT2D eigenvalue weighted by molar-refractivity contribution is 6.04. The van der Waals surface area contributed by atoms with E-state index >= 15 is 0 Å². The molecule has 3 rings (SSSR count). The van der Waals surface area contributed by atoms with Crippen LogP contribution in [0.3, 0.4) is 0 Å². The number of aryl methyl sites for hydroxylation is 3. The Balaban J connectivity index is 1.80. The molecule has 1 heterocycles. The van der Waals surface area contributed by atoms with Crippen LogP contribution in [-0.4, -0.2) is 18.4 Å². The number of para-hydroxylation sites is 1. The number of carbonyl (C=O) groups is 2. The maximum atomic E-state index is 12.9. The zero-order valence-corrected chi connectivity index (χ0v) is 16.6. The van der Waals surface area contributed by atoms with E-state index in [0.717, 1.165) is 46.5 Å². The van der Waals surface area contributed by atoms with Crippen molar-refractivity contribution in [3.63, 3.8) is 0 Å². The highest BCUT2D eigenvalue weighted by atomic mass is 16.2. The minimum atomic E-state index is -0.327. The van der Waals surface area contributed by atoms with Crippen molar-refractivity contribution in [2.45, 2.75) is 47.0 Å². The van der Waals surface area contributed by atoms with Gasteiger partial charge < -0.3 is 10.2 Å². The molecule has 1 fully saturated rings. The van der Waals surface area contributed by atoms with Crippen LogP contribution in [0.2, 0.25) is 0 Å². The molecule has 1 aliphatic rings. The van der Waals surface area contributed by atoms with Gasteiger partial charge >= 0.3 is 0 Å². The van der Waals surface area contributed by atoms with E-state index in [1.165, 1.54) is 0 Å². The van der Waals surface area contributed by atoms with Crippen LogP contribution in [0.25, 0.3) is 0 Å². The van der Waals surface area contributed by atoms with Crippen LogP contribution in [-0.2, 0) is 22.4 Å². The van der Waals surface area contributed by atoms with Crippen LogP contribution in [0, 0.1) is 19.8 Å². The van der Waals surface area contributed by atoms with Crippen LogP contribution in [0.5, 0.6) is 0 Å². The van der Waals surface area contributed by atoms with Crippen molar-refractivity contribution in [1.82, 2.24) is 0 Å². The first kappa shape index (κ1) is 19.2. The van der Waals surface area contributed by atoms with Crippen LogP contribution in [0.4, 0.5) is 11.4 Å². The minimum Gasteiger partial charge on any atom is -0.325 e. The van der Waals surface area contributed by atoms with Crippen molar-refractivity contribution < 1.29 is 9.59 Å². The second-order valence-electron chi connectivity index (χ2n) is 7.27. The Hall–Kier alpha value is -2.62. The Morgan fingerprint density at radius 2 is 1.70 bits per heavy atom. The van der Waals surface area contributed by atoms with Gasteiger partial charge in [-0.2, -0.15) is 0 Å². The maximum absolute atomic E-state index is 12.9. The molecule has 0 aliphatic carbocycles. The number of hydrogen-bond donors (Lipinski definition) is 1. The molecule has 27 heavy (non-hydrogen) atoms. The normalized spacial score (nSPS) is 16.7. The molecule has 4 heteroatoms. The first-order chi connectivity index (χ1) is 13.0. The van der Waals surface area contributed by atoms with Gasteiger partial charge in [0.2, 0.25) is 11.8 Å². The summed E-state index contributed by atoms with van der Waals surface area (Å²) in [5.74, 6) is -0.373. The molecule has 1 N–H and O–H groups in total. The fourth-order valence-electron chi connectivity index (χ4n) is 3.77. The van der Waals surface area contributed by atoms with Crippen LogP contribution < -0.4 is 10.2 Å². The van der Waals surface area contributed by atoms with E-state index in [9.17, 15) is 9.59 Å². The summed E-state index contributed by atoms with van der Waals surface area (Å²) in [7, 11) is 0. The van der Waals surface area contributed by atoms with E-state index in [1.54, 1.807) is 4.90 Å². The Bertz CT molecular complexity index is 850. The monoisotopic (exact) mass is 364 g/mol. The van der Waals surface area contributed by atoms with Gasteiger partial charge in [-0.25, -0.2) is 0 Å². The number of amides is 2. The van der Waals surface area contributed by atoms with Gasteiger partial charge in [-0.1, -0.05) is 44.2 Å². The third-order valence-electron chi connectivity index (χ3n) is 5.61. The number of benzene rings is 2. The van der Waals surface area contributed by atoms with Crippen LogP contribution >= 0.6 is 0 Å². The molecule has 0 unspecified atom stereocenters. The summed E-state index contributed by atoms with van der Waals surface area (Å²) in [4.78, 5) is 27.3. The van der Waals surface area contributed by atoms with E-state index < -0.39 is 0 Å². The standard InChI is InChI=1S/C23H28N2O2/c1-5-17-10-8-11-18(6-2)22(17)24-23(27)19-13-21(26)25(14-19)20-12-7-9-15(3)16(20)4/h7-12,19H,5-6,13-14H2,1-4H3,(H,24,27)/t19-/m0/s1. The highest BCUT2D eigenvalue weighted by Crippen LogP contribution is 2.31. The van der Waals surface area contributed by atoms with Gasteiger partial charge in [0.15, 0.2) is 0 Å². The van der Waals surface area contributed by atoms with Crippen LogP contribution in [0.1, 0.15) is 42.5 Å². The molecule has 1 atom stereocenters. The SMILES string of the molecule is CCc1cccc(CC)c1NC(=O)[C@H]1CC(=O)N(c2cccc(C)c2C)C1. The summed E-state index contributed by atoms with van der Waals surface area (Å²) in [5.41, 5.74) is 6.36. The van der Waals surface area contributed by atoms with Crippen molar-refractivity contribution in [3.8, 4) is 0 Å². The fraction of sp³-hybridized carbons (Fsp3) is 0.391. The van der Waals surface area contributed by atoms with Crippen molar-refractivity contribution in [1.29, 1.82) is 0 Å². The topological polar surface area (TPSA) is 49.4 Å². The average molecular weight is 364 g/mol. The van der Waals surface area contributed by atoms with Gasteiger partial charge in [-0.3, -0.25) is 9.59 Å². The third kappa shape index (κ3) is 3.75. The van der Waals surface area contributed by atoms with Crippen molar-refractivity contribution >= 4 is 23.2 Å². The Morgan fingerprint density at radius 3 is 2.33 bits per heavy atom. The lowest BCUT2D eigenvalue weighted by atomic mass is 10.0. The van der Waals surface area contributed by atoms with Gasteiger partial charge in [0.1, 0.15) is 0 Å². The molecule has 1 saturated heterocycles. The van der Waals surface area contributed by atoms with E-state index in [4.69, 9.17) is 0 Å². The summed E-state index contributed by atoms with van der Waals surface area (Å²) >= 11 is 0. The molecule has 0 saturated carbocycles. The summed E-state index contributed by atoms with van der Waals surface area (Å²) in [6, 6.07) is 12.1. The predicted molar refractivity (Wildman–Crippen MR) is 110 cm³/mol. The van der Waals surface area contributed by atoms with E-state index in [-0.39, 0.29) is 24.2 Å². The molecule has 2 amide bonds. The van der Waals surface area contributed by atoms with Gasteiger partial charge in [0, 0.05) is 24.3 Å². The number of nitrogens with one attached hydrogen (secondary N) is 1. The highest BCUT2D eigenvalue weighted by Gasteiger charge is 2.36. The summed E-state index contributed by atoms with van der Waals surface area (Å²) in [5, 5.41) is 3.12. The number of anilines is 2. The number of hydrogen-bond acceptors (Lipinski definition) is 2. The lowest BCUT2D eigenvalue weighted by Crippen LogP contribution is -2.29. The molecule has 0 aromatic heterocycles. The van der Waals surface area contributed by atoms with E-state index in [0.29, 0.717) is 6.54 Å². The summed E-state index contributed by atoms with van der Waals surface area (Å²) in [6.45, 7) is 8.68. The zero-order valence-electron chi connectivity index (χ0n) is 16.6. The lowest BCUT2D eigenvalue weighted by Gasteiger charge is -2.20. The average Bonchev–Trinajstić information content (AvgIpc) is 3.05. The van der Waals surface area contributed by atoms with E-state index in [1.807, 2.05) is 38.1 Å². The first-order valence-corrected chi connectivity index (χ1v) is 9.74. The fourth-order valence-corrected chi connectivity index (χ4v) is 3.77. The van der Waals surface area contributed by atoms with Gasteiger partial charge in [0.25, 0.3) is 0 Å². The van der Waals surface area contributed by atoms with Crippen molar-refractivity contribution in [2.75, 3.05) is 16.8 Å². The summed E-state index contributed by atoms with van der Waals surface area (Å²) in [6.07, 6.45) is 1.98. The Labute approximate surface area is 161 Å². The molecular formula is C23H28N2O2. The molecule has 142 valence electrons. The van der Waals surface area contributed by atoms with Crippen LogP contribution in [0.15, 0.2) is 36.4 Å². The second-order valence-corrected chi connectivity index (χ2v) is 7.27. The molecule has 0 bridgehead atoms. The van der Waals surface area contributed by atoms with Gasteiger partial charge in [0.05, 0.1) is 5.92 Å². The van der Waals surface area contributed by atoms with Crippen molar-refractivity contribution in [3.05, 3.63) is 58.7 Å². The van der Waals surface area contributed by atoms with E-state index in [2.05, 4.69) is 31.3 Å². The Kier molecular flexibility index (Phi) is 5.64. The molecule has 0 radical (unpaired) electrons. The number of carbonyl (C=O) groups excluding carboxylic acids is 2. The molecule has 0 spiro atoms. The molecular weight excluding hydrogens is 336 g/mol. The maximum Gasteiger partial charge on any atom is 0.229 e. The number of rotatable bonds is 5. The lowest BCUT2D eigenvalue weighted by molar-refractivity contribution is -0.122. The molecule has 4 nitrogen and oxygen atoms in total. The van der Waals surface area contributed by atoms with Crippen molar-refractivity contribution in [2.24, 2.45) is 5.92 Å². The zero-order chi connectivity index (χ0) is 19.6. The summed E-state index contributed by atoms with van der Waals surface area (Å²) < 4.78 is 0. The third-order valence-corrected chi connectivity index (χ3v) is 5.61. The largest absolute Gasteiger partial charge is 0.325 e. The molecule has 1 aliphatic heterocycles. The van der Waals surface area contributed by atoms with Gasteiger partial charge in [-0.15, -0.1) is 0 Å².